The Morgan fingerprint density at radius 2 is 2.09 bits per heavy atom. The van der Waals surface area contributed by atoms with Crippen LogP contribution in [0.5, 0.6) is 0 Å². The molecule has 1 unspecified atom stereocenters. The van der Waals surface area contributed by atoms with Gasteiger partial charge >= 0.3 is 0 Å². The molecular weight excluding hydrogens is 320 g/mol. The first-order valence-corrected chi connectivity index (χ1v) is 9.00. The molecule has 0 aromatic heterocycles. The quantitative estimate of drug-likeness (QED) is 0.672. The highest BCUT2D eigenvalue weighted by molar-refractivity contribution is 7.89. The van der Waals surface area contributed by atoms with Crippen LogP contribution in [0.25, 0.3) is 0 Å². The summed E-state index contributed by atoms with van der Waals surface area (Å²) >= 11 is 0. The molecule has 0 bridgehead atoms. The molecule has 0 saturated carbocycles. The van der Waals surface area contributed by atoms with Crippen LogP contribution in [0, 0.1) is 0 Å². The summed E-state index contributed by atoms with van der Waals surface area (Å²) in [6, 6.07) is 5.82. The number of methoxy groups -OCH3 is 1. The molecule has 0 spiro atoms. The molecule has 1 fully saturated rings. The Hall–Kier alpha value is -1.48. The number of benzene rings is 1. The molecule has 23 heavy (non-hydrogen) atoms. The minimum absolute atomic E-state index is 0.0596. The molecule has 1 atom stereocenters. The highest BCUT2D eigenvalue weighted by atomic mass is 32.2. The Morgan fingerprint density at radius 3 is 2.70 bits per heavy atom. The molecule has 7 nitrogen and oxygen atoms in total. The average molecular weight is 342 g/mol. The summed E-state index contributed by atoms with van der Waals surface area (Å²) in [4.78, 5) is 12.0. The van der Waals surface area contributed by atoms with E-state index in [4.69, 9.17) is 9.47 Å². The maximum atomic E-state index is 12.2. The van der Waals surface area contributed by atoms with Crippen molar-refractivity contribution in [3.05, 3.63) is 29.8 Å². The lowest BCUT2D eigenvalue weighted by atomic mass is 10.2. The molecule has 2 rings (SSSR count). The number of carbonyl (C=O) groups is 1. The van der Waals surface area contributed by atoms with E-state index < -0.39 is 10.0 Å². The molecule has 1 aliphatic heterocycles. The Labute approximate surface area is 136 Å². The summed E-state index contributed by atoms with van der Waals surface area (Å²) < 4.78 is 37.2. The zero-order valence-corrected chi connectivity index (χ0v) is 13.9. The van der Waals surface area contributed by atoms with Gasteiger partial charge in [-0.15, -0.1) is 0 Å². The fourth-order valence-electron chi connectivity index (χ4n) is 2.25. The Morgan fingerprint density at radius 1 is 1.35 bits per heavy atom. The van der Waals surface area contributed by atoms with Crippen LogP contribution in [0.15, 0.2) is 29.2 Å². The van der Waals surface area contributed by atoms with Crippen molar-refractivity contribution in [2.45, 2.75) is 23.8 Å². The summed E-state index contributed by atoms with van der Waals surface area (Å²) in [6.07, 6.45) is 1.76. The lowest BCUT2D eigenvalue weighted by Crippen LogP contribution is -2.32. The summed E-state index contributed by atoms with van der Waals surface area (Å²) in [6.45, 7) is 1.77. The van der Waals surface area contributed by atoms with Crippen LogP contribution in [-0.2, 0) is 19.5 Å². The number of rotatable bonds is 8. The maximum absolute atomic E-state index is 12.2. The summed E-state index contributed by atoms with van der Waals surface area (Å²) in [5.74, 6) is -0.265. The minimum Gasteiger partial charge on any atom is -0.383 e. The first-order chi connectivity index (χ1) is 11.0. The van der Waals surface area contributed by atoms with Gasteiger partial charge in [-0.3, -0.25) is 4.79 Å². The second-order valence-corrected chi connectivity index (χ2v) is 7.03. The van der Waals surface area contributed by atoms with Crippen molar-refractivity contribution in [1.82, 2.24) is 10.0 Å². The number of hydrogen-bond acceptors (Lipinski definition) is 5. The van der Waals surface area contributed by atoms with Gasteiger partial charge in [0.15, 0.2) is 0 Å². The Balaban J connectivity index is 1.93. The van der Waals surface area contributed by atoms with Crippen molar-refractivity contribution in [1.29, 1.82) is 0 Å². The predicted octanol–water partition coefficient (Wildman–Crippen LogP) is 0.520. The van der Waals surface area contributed by atoms with Gasteiger partial charge in [-0.05, 0) is 37.1 Å². The second kappa shape index (κ2) is 8.39. The molecule has 1 heterocycles. The monoisotopic (exact) mass is 342 g/mol. The van der Waals surface area contributed by atoms with Gasteiger partial charge in [-0.1, -0.05) is 0 Å². The molecule has 1 amide bonds. The summed E-state index contributed by atoms with van der Waals surface area (Å²) in [5, 5.41) is 2.67. The Kier molecular flexibility index (Phi) is 6.52. The molecular formula is C15H22N2O5S. The van der Waals surface area contributed by atoms with Gasteiger partial charge in [0.25, 0.3) is 5.91 Å². The smallest absolute Gasteiger partial charge is 0.251 e. The van der Waals surface area contributed by atoms with Crippen LogP contribution in [0.2, 0.25) is 0 Å². The minimum atomic E-state index is -3.59. The fourth-order valence-corrected chi connectivity index (χ4v) is 3.31. The van der Waals surface area contributed by atoms with Crippen molar-refractivity contribution < 1.29 is 22.7 Å². The van der Waals surface area contributed by atoms with Crippen LogP contribution in [0.4, 0.5) is 0 Å². The van der Waals surface area contributed by atoms with Gasteiger partial charge in [-0.2, -0.15) is 0 Å². The van der Waals surface area contributed by atoms with Crippen molar-refractivity contribution in [3.63, 3.8) is 0 Å². The Bertz CT molecular complexity index is 609. The molecule has 2 N–H and O–H groups in total. The number of nitrogens with one attached hydrogen (secondary N) is 2. The zero-order chi connectivity index (χ0) is 16.7. The third-order valence-corrected chi connectivity index (χ3v) is 4.98. The number of carbonyl (C=O) groups excluding carboxylic acids is 1. The molecule has 8 heteroatoms. The maximum Gasteiger partial charge on any atom is 0.251 e. The lowest BCUT2D eigenvalue weighted by Gasteiger charge is -2.11. The van der Waals surface area contributed by atoms with E-state index in [0.717, 1.165) is 12.8 Å². The normalized spacial score (nSPS) is 18.0. The van der Waals surface area contributed by atoms with Gasteiger partial charge < -0.3 is 14.8 Å². The molecule has 1 aromatic rings. The number of ether oxygens (including phenoxy) is 2. The highest BCUT2D eigenvalue weighted by Crippen LogP contribution is 2.14. The van der Waals surface area contributed by atoms with Crippen LogP contribution >= 0.6 is 0 Å². The fraction of sp³-hybridized carbons (Fsp3) is 0.533. The first-order valence-electron chi connectivity index (χ1n) is 7.51. The van der Waals surface area contributed by atoms with E-state index in [2.05, 4.69) is 10.0 Å². The first kappa shape index (κ1) is 17.9. The molecule has 0 aliphatic carbocycles. The van der Waals surface area contributed by atoms with Crippen molar-refractivity contribution in [2.24, 2.45) is 0 Å². The largest absolute Gasteiger partial charge is 0.383 e. The van der Waals surface area contributed by atoms with Crippen molar-refractivity contribution in [2.75, 3.05) is 33.4 Å². The molecule has 1 aliphatic rings. The number of sulfonamides is 1. The third-order valence-electron chi connectivity index (χ3n) is 3.54. The van der Waals surface area contributed by atoms with Crippen molar-refractivity contribution in [3.8, 4) is 0 Å². The van der Waals surface area contributed by atoms with Gasteiger partial charge in [-0.25, -0.2) is 13.1 Å². The summed E-state index contributed by atoms with van der Waals surface area (Å²) in [7, 11) is -2.04. The van der Waals surface area contributed by atoms with Crippen LogP contribution < -0.4 is 10.0 Å². The van der Waals surface area contributed by atoms with Crippen LogP contribution in [-0.4, -0.2) is 53.8 Å². The molecule has 1 aromatic carbocycles. The van der Waals surface area contributed by atoms with Gasteiger partial charge in [0, 0.05) is 32.4 Å². The van der Waals surface area contributed by atoms with Gasteiger partial charge in [0.05, 0.1) is 17.6 Å². The van der Waals surface area contributed by atoms with E-state index >= 15 is 0 Å². The summed E-state index contributed by atoms with van der Waals surface area (Å²) in [5.41, 5.74) is 0.402. The predicted molar refractivity (Wildman–Crippen MR) is 84.8 cm³/mol. The lowest BCUT2D eigenvalue weighted by molar-refractivity contribution is 0.0937. The average Bonchev–Trinajstić information content (AvgIpc) is 3.07. The topological polar surface area (TPSA) is 93.7 Å². The van der Waals surface area contributed by atoms with E-state index in [0.29, 0.717) is 25.3 Å². The zero-order valence-electron chi connectivity index (χ0n) is 13.1. The molecule has 1 saturated heterocycles. The third kappa shape index (κ3) is 5.28. The van der Waals surface area contributed by atoms with Gasteiger partial charge in [0.2, 0.25) is 10.0 Å². The molecule has 0 radical (unpaired) electrons. The molecule has 128 valence electrons. The van der Waals surface area contributed by atoms with Gasteiger partial charge in [0.1, 0.15) is 0 Å². The van der Waals surface area contributed by atoms with E-state index in [1.807, 2.05) is 0 Å². The number of hydrogen-bond donors (Lipinski definition) is 2. The highest BCUT2D eigenvalue weighted by Gasteiger charge is 2.20. The standard InChI is InChI=1S/C15H22N2O5S/c1-21-10-8-16-15(18)12-4-6-14(7-5-12)23(19,20)17-11-13-3-2-9-22-13/h4-7,13,17H,2-3,8-11H2,1H3,(H,16,18). The second-order valence-electron chi connectivity index (χ2n) is 5.26. The van der Waals surface area contributed by atoms with E-state index in [1.54, 1.807) is 7.11 Å². The van der Waals surface area contributed by atoms with E-state index in [9.17, 15) is 13.2 Å². The van der Waals surface area contributed by atoms with E-state index in [1.165, 1.54) is 24.3 Å². The van der Waals surface area contributed by atoms with Crippen molar-refractivity contribution >= 4 is 15.9 Å². The number of amides is 1. The van der Waals surface area contributed by atoms with Crippen LogP contribution in [0.1, 0.15) is 23.2 Å². The van der Waals surface area contributed by atoms with Crippen LogP contribution in [0.3, 0.4) is 0 Å². The SMILES string of the molecule is COCCNC(=O)c1ccc(S(=O)(=O)NCC2CCCO2)cc1. The van der Waals surface area contributed by atoms with E-state index in [-0.39, 0.29) is 23.5 Å².